The van der Waals surface area contributed by atoms with E-state index in [1.807, 2.05) is 6.20 Å². The maximum atomic E-state index is 9.53. The minimum Gasteiger partial charge on any atom is -0.381 e. The Bertz CT molecular complexity index is 544. The van der Waals surface area contributed by atoms with Crippen LogP contribution in [-0.4, -0.2) is 22.4 Å². The Kier molecular flexibility index (Phi) is 3.10. The first-order valence-corrected chi connectivity index (χ1v) is 7.15. The van der Waals surface area contributed by atoms with Gasteiger partial charge in [0.05, 0.1) is 21.4 Å². The summed E-state index contributed by atoms with van der Waals surface area (Å²) in [5.74, 6) is 0. The van der Waals surface area contributed by atoms with E-state index < -0.39 is 5.41 Å². The van der Waals surface area contributed by atoms with Gasteiger partial charge in [-0.3, -0.25) is 4.98 Å². The molecule has 3 rings (SSSR count). The molecule has 0 atom stereocenters. The van der Waals surface area contributed by atoms with Crippen LogP contribution in [0, 0.1) is 11.3 Å². The van der Waals surface area contributed by atoms with Gasteiger partial charge in [0.2, 0.25) is 0 Å². The van der Waals surface area contributed by atoms with Crippen LogP contribution in [0.1, 0.15) is 24.1 Å². The van der Waals surface area contributed by atoms with Crippen molar-refractivity contribution in [3.8, 4) is 6.07 Å². The van der Waals surface area contributed by atoms with Crippen molar-refractivity contribution in [3.05, 3.63) is 23.5 Å². The van der Waals surface area contributed by atoms with E-state index in [-0.39, 0.29) is 0 Å². The van der Waals surface area contributed by atoms with Crippen LogP contribution in [0.15, 0.2) is 17.2 Å². The van der Waals surface area contributed by atoms with Crippen molar-refractivity contribution in [1.29, 1.82) is 5.26 Å². The van der Waals surface area contributed by atoms with Crippen molar-refractivity contribution in [2.24, 2.45) is 0 Å². The number of thioether (sulfide) groups is 1. The molecular weight excluding hydrogens is 264 g/mol. The van der Waals surface area contributed by atoms with E-state index in [1.54, 1.807) is 11.8 Å². The van der Waals surface area contributed by atoms with Crippen molar-refractivity contribution < 1.29 is 4.74 Å². The lowest BCUT2D eigenvalue weighted by atomic mass is 9.76. The molecule has 0 radical (unpaired) electrons. The molecule has 92 valence electrons. The lowest BCUT2D eigenvalue weighted by molar-refractivity contribution is 0.0674. The van der Waals surface area contributed by atoms with Crippen LogP contribution in [0.3, 0.4) is 0 Å². The SMILES string of the molecule is N#CC1(c2cnc3c(c2)SC(=S)C3)CCOCC1. The molecule has 0 amide bonds. The van der Waals surface area contributed by atoms with E-state index in [2.05, 4.69) is 17.1 Å². The van der Waals surface area contributed by atoms with E-state index in [9.17, 15) is 5.26 Å². The van der Waals surface area contributed by atoms with Crippen molar-refractivity contribution >= 4 is 28.2 Å². The van der Waals surface area contributed by atoms with E-state index in [4.69, 9.17) is 17.0 Å². The maximum absolute atomic E-state index is 9.53. The van der Waals surface area contributed by atoms with Crippen LogP contribution >= 0.6 is 24.0 Å². The third-order valence-electron chi connectivity index (χ3n) is 3.58. The van der Waals surface area contributed by atoms with Gasteiger partial charge in [0.15, 0.2) is 0 Å². The summed E-state index contributed by atoms with van der Waals surface area (Å²) in [5, 5.41) is 9.53. The van der Waals surface area contributed by atoms with Crippen molar-refractivity contribution in [2.75, 3.05) is 13.2 Å². The van der Waals surface area contributed by atoms with Gasteiger partial charge in [0, 0.05) is 30.7 Å². The predicted molar refractivity (Wildman–Crippen MR) is 73.7 cm³/mol. The standard InChI is InChI=1S/C13H12N2OS2/c14-8-13(1-3-16-4-2-13)9-5-11-10(15-7-9)6-12(17)18-11/h5,7H,1-4,6H2. The Morgan fingerprint density at radius 1 is 1.44 bits per heavy atom. The van der Waals surface area contributed by atoms with Crippen LogP contribution in [0.25, 0.3) is 0 Å². The fraction of sp³-hybridized carbons (Fsp3) is 0.462. The van der Waals surface area contributed by atoms with Gasteiger partial charge in [-0.2, -0.15) is 5.26 Å². The molecule has 18 heavy (non-hydrogen) atoms. The smallest absolute Gasteiger partial charge is 0.0881 e. The highest BCUT2D eigenvalue weighted by Gasteiger charge is 2.36. The molecule has 3 heterocycles. The average molecular weight is 276 g/mol. The van der Waals surface area contributed by atoms with Crippen LogP contribution in [0.4, 0.5) is 0 Å². The summed E-state index contributed by atoms with van der Waals surface area (Å²) in [5.41, 5.74) is 1.64. The summed E-state index contributed by atoms with van der Waals surface area (Å²) in [4.78, 5) is 5.60. The highest BCUT2D eigenvalue weighted by molar-refractivity contribution is 8.23. The number of fused-ring (bicyclic) bond motifs is 1. The maximum Gasteiger partial charge on any atom is 0.0881 e. The number of thiocarbonyl (C=S) groups is 1. The second kappa shape index (κ2) is 4.61. The molecule has 0 aliphatic carbocycles. The van der Waals surface area contributed by atoms with Gasteiger partial charge in [-0.1, -0.05) is 24.0 Å². The molecule has 0 N–H and O–H groups in total. The number of nitrogens with zero attached hydrogens (tertiary/aromatic N) is 2. The van der Waals surface area contributed by atoms with Gasteiger partial charge in [-0.25, -0.2) is 0 Å². The van der Waals surface area contributed by atoms with Gasteiger partial charge >= 0.3 is 0 Å². The monoisotopic (exact) mass is 276 g/mol. The molecule has 1 aromatic rings. The Morgan fingerprint density at radius 2 is 2.22 bits per heavy atom. The Balaban J connectivity index is 2.00. The molecule has 0 saturated carbocycles. The zero-order chi connectivity index (χ0) is 12.6. The van der Waals surface area contributed by atoms with Crippen molar-refractivity contribution in [2.45, 2.75) is 29.6 Å². The molecule has 2 aliphatic rings. The van der Waals surface area contributed by atoms with E-state index in [0.29, 0.717) is 13.2 Å². The molecular formula is C13H12N2OS2. The first kappa shape index (κ1) is 12.1. The fourth-order valence-electron chi connectivity index (χ4n) is 2.44. The van der Waals surface area contributed by atoms with Gasteiger partial charge in [-0.05, 0) is 24.5 Å². The molecule has 0 aromatic carbocycles. The predicted octanol–water partition coefficient (Wildman–Crippen LogP) is 2.63. The lowest BCUT2D eigenvalue weighted by Crippen LogP contribution is -2.32. The number of rotatable bonds is 1. The van der Waals surface area contributed by atoms with Crippen LogP contribution in [-0.2, 0) is 16.6 Å². The molecule has 0 spiro atoms. The summed E-state index contributed by atoms with van der Waals surface area (Å²) < 4.78 is 6.33. The van der Waals surface area contributed by atoms with E-state index in [0.717, 1.165) is 39.6 Å². The number of hydrogen-bond acceptors (Lipinski definition) is 5. The Labute approximate surface area is 116 Å². The summed E-state index contributed by atoms with van der Waals surface area (Å²) >= 11 is 6.82. The fourth-order valence-corrected chi connectivity index (χ4v) is 3.72. The van der Waals surface area contributed by atoms with Gasteiger partial charge in [-0.15, -0.1) is 0 Å². The largest absolute Gasteiger partial charge is 0.381 e. The minimum absolute atomic E-state index is 0.426. The number of hydrogen-bond donors (Lipinski definition) is 0. The lowest BCUT2D eigenvalue weighted by Gasteiger charge is -2.31. The third-order valence-corrected chi connectivity index (χ3v) is 4.92. The Morgan fingerprint density at radius 3 is 2.94 bits per heavy atom. The summed E-state index contributed by atoms with van der Waals surface area (Å²) in [6, 6.07) is 4.57. The average Bonchev–Trinajstić information content (AvgIpc) is 2.78. The van der Waals surface area contributed by atoms with Crippen LogP contribution in [0.2, 0.25) is 0 Å². The molecule has 0 bridgehead atoms. The number of aromatic nitrogens is 1. The topological polar surface area (TPSA) is 45.9 Å². The van der Waals surface area contributed by atoms with Crippen molar-refractivity contribution in [3.63, 3.8) is 0 Å². The summed E-state index contributed by atoms with van der Waals surface area (Å²) in [6.45, 7) is 1.30. The second-order valence-corrected chi connectivity index (χ2v) is 6.51. The molecule has 0 unspecified atom stereocenters. The summed E-state index contributed by atoms with van der Waals surface area (Å²) in [6.07, 6.45) is 4.12. The molecule has 1 saturated heterocycles. The highest BCUT2D eigenvalue weighted by Crippen LogP contribution is 2.39. The summed E-state index contributed by atoms with van der Waals surface area (Å²) in [7, 11) is 0. The highest BCUT2D eigenvalue weighted by atomic mass is 32.2. The molecule has 2 aliphatic heterocycles. The number of ether oxygens (including phenoxy) is 1. The number of pyridine rings is 1. The normalized spacial score (nSPS) is 21.4. The van der Waals surface area contributed by atoms with Crippen LogP contribution in [0.5, 0.6) is 0 Å². The van der Waals surface area contributed by atoms with E-state index >= 15 is 0 Å². The van der Waals surface area contributed by atoms with E-state index in [1.165, 1.54) is 0 Å². The number of nitriles is 1. The first-order chi connectivity index (χ1) is 8.73. The van der Waals surface area contributed by atoms with Crippen molar-refractivity contribution in [1.82, 2.24) is 4.98 Å². The second-order valence-electron chi connectivity index (χ2n) is 4.63. The zero-order valence-electron chi connectivity index (χ0n) is 9.81. The van der Waals surface area contributed by atoms with Gasteiger partial charge in [0.25, 0.3) is 0 Å². The molecule has 1 fully saturated rings. The van der Waals surface area contributed by atoms with Gasteiger partial charge in [0.1, 0.15) is 0 Å². The van der Waals surface area contributed by atoms with Gasteiger partial charge < -0.3 is 4.74 Å². The molecule has 3 nitrogen and oxygen atoms in total. The Hall–Kier alpha value is -0.960. The molecule has 1 aromatic heterocycles. The molecule has 5 heteroatoms. The first-order valence-electron chi connectivity index (χ1n) is 5.93. The minimum atomic E-state index is -0.426. The van der Waals surface area contributed by atoms with Crippen LogP contribution < -0.4 is 0 Å². The quantitative estimate of drug-likeness (QED) is 0.738. The third kappa shape index (κ3) is 1.95. The zero-order valence-corrected chi connectivity index (χ0v) is 11.4.